The van der Waals surface area contributed by atoms with Crippen LogP contribution >= 0.6 is 23.6 Å². The van der Waals surface area contributed by atoms with Gasteiger partial charge >= 0.3 is 0 Å². The number of hydrogen-bond acceptors (Lipinski definition) is 6. The Kier molecular flexibility index (Phi) is 5.18. The topological polar surface area (TPSA) is 59.1 Å². The van der Waals surface area contributed by atoms with E-state index < -0.39 is 0 Å². The van der Waals surface area contributed by atoms with Crippen LogP contribution in [0.1, 0.15) is 17.4 Å². The maximum absolute atomic E-state index is 10.8. The van der Waals surface area contributed by atoms with Gasteiger partial charge in [-0.3, -0.25) is 4.57 Å². The molecule has 140 valence electrons. The first-order valence-corrected chi connectivity index (χ1v) is 9.96. The summed E-state index contributed by atoms with van der Waals surface area (Å²) in [4.78, 5) is 0.658. The third-order valence-corrected chi connectivity index (χ3v) is 5.49. The van der Waals surface area contributed by atoms with Gasteiger partial charge in [0.05, 0.1) is 23.4 Å². The normalized spacial score (nSPS) is 14.5. The van der Waals surface area contributed by atoms with Crippen molar-refractivity contribution in [3.8, 4) is 17.3 Å². The van der Waals surface area contributed by atoms with Crippen molar-refractivity contribution < 1.29 is 9.84 Å². The molecule has 2 aromatic carbocycles. The molecule has 1 aromatic heterocycles. The number of benzene rings is 2. The third-order valence-electron chi connectivity index (χ3n) is 4.18. The molecular weight excluding hydrogens is 390 g/mol. The van der Waals surface area contributed by atoms with Gasteiger partial charge in [0.2, 0.25) is 5.88 Å². The largest absolute Gasteiger partial charge is 0.494 e. The molecule has 1 aliphatic rings. The highest BCUT2D eigenvalue weighted by molar-refractivity contribution is 7.73. The molecular formula is C21H17N3O2S2. The van der Waals surface area contributed by atoms with E-state index in [4.69, 9.17) is 17.0 Å². The van der Waals surface area contributed by atoms with Gasteiger partial charge in [-0.25, -0.2) is 0 Å². The predicted octanol–water partition coefficient (Wildman–Crippen LogP) is 5.24. The Morgan fingerprint density at radius 3 is 2.61 bits per heavy atom. The monoisotopic (exact) mass is 407 g/mol. The van der Waals surface area contributed by atoms with Crippen LogP contribution in [0.5, 0.6) is 11.6 Å². The maximum atomic E-state index is 10.8. The Bertz CT molecular complexity index is 1140. The predicted molar refractivity (Wildman–Crippen MR) is 117 cm³/mol. The van der Waals surface area contributed by atoms with E-state index in [1.54, 1.807) is 10.8 Å². The lowest BCUT2D eigenvalue weighted by atomic mass is 10.0. The Labute approximate surface area is 171 Å². The molecule has 5 nitrogen and oxygen atoms in total. The zero-order chi connectivity index (χ0) is 19.5. The van der Waals surface area contributed by atoms with Crippen LogP contribution in [0.2, 0.25) is 0 Å². The minimum absolute atomic E-state index is 0.0966. The van der Waals surface area contributed by atoms with E-state index in [0.717, 1.165) is 28.3 Å². The van der Waals surface area contributed by atoms with Crippen molar-refractivity contribution in [2.45, 2.75) is 6.92 Å². The van der Waals surface area contributed by atoms with Crippen molar-refractivity contribution in [1.82, 2.24) is 4.57 Å². The average Bonchev–Trinajstić information content (AvgIpc) is 3.28. The number of allylic oxidation sites excluding steroid dienone is 1. The Morgan fingerprint density at radius 2 is 1.89 bits per heavy atom. The second kappa shape index (κ2) is 7.92. The molecule has 0 atom stereocenters. The molecule has 0 radical (unpaired) electrons. The first kappa shape index (κ1) is 18.3. The first-order valence-electron chi connectivity index (χ1n) is 8.74. The van der Waals surface area contributed by atoms with E-state index in [0.29, 0.717) is 15.4 Å². The fourth-order valence-electron chi connectivity index (χ4n) is 2.90. The summed E-state index contributed by atoms with van der Waals surface area (Å²) in [6.07, 6.45) is 3.55. The van der Waals surface area contributed by atoms with Crippen LogP contribution in [0.4, 0.5) is 0 Å². The number of ether oxygens (including phenoxy) is 1. The first-order chi connectivity index (χ1) is 13.7. The van der Waals surface area contributed by atoms with Crippen molar-refractivity contribution in [3.05, 3.63) is 74.6 Å². The van der Waals surface area contributed by atoms with Crippen molar-refractivity contribution in [2.24, 2.45) is 10.2 Å². The van der Waals surface area contributed by atoms with Crippen LogP contribution < -0.4 is 4.74 Å². The molecule has 0 bridgehead atoms. The maximum Gasteiger partial charge on any atom is 0.215 e. The van der Waals surface area contributed by atoms with Gasteiger partial charge in [-0.2, -0.15) is 5.10 Å². The van der Waals surface area contributed by atoms with Gasteiger partial charge in [-0.05, 0) is 49.5 Å². The molecule has 4 rings (SSSR count). The highest BCUT2D eigenvalue weighted by atomic mass is 32.1. The van der Waals surface area contributed by atoms with Crippen LogP contribution in [-0.4, -0.2) is 28.2 Å². The lowest BCUT2D eigenvalue weighted by Crippen LogP contribution is -2.01. The van der Waals surface area contributed by atoms with Crippen molar-refractivity contribution >= 4 is 41.6 Å². The summed E-state index contributed by atoms with van der Waals surface area (Å²) in [6.45, 7) is 2.54. The number of rotatable bonds is 5. The van der Waals surface area contributed by atoms with Crippen molar-refractivity contribution in [3.63, 3.8) is 0 Å². The highest BCUT2D eigenvalue weighted by Gasteiger charge is 2.17. The van der Waals surface area contributed by atoms with Gasteiger partial charge < -0.3 is 9.84 Å². The minimum Gasteiger partial charge on any atom is -0.494 e. The van der Waals surface area contributed by atoms with E-state index in [1.165, 1.54) is 11.3 Å². The smallest absolute Gasteiger partial charge is 0.215 e. The average molecular weight is 408 g/mol. The molecule has 1 N–H and O–H groups in total. The van der Waals surface area contributed by atoms with E-state index >= 15 is 0 Å². The number of nitrogens with zero attached hydrogens (tertiary/aromatic N) is 3. The number of aromatic hydroxyl groups is 1. The van der Waals surface area contributed by atoms with Gasteiger partial charge in [0, 0.05) is 11.1 Å². The standard InChI is InChI=1S/C21H17N3O2S2/c1-2-26-17-10-8-16(9-11-17)24-20(25)18(28-21(24)27)12-15-13-22-23-19(15)14-6-4-3-5-7-14/h3-13,25H,2H2,1H3/b15-12+. The molecule has 0 spiro atoms. The molecule has 0 aliphatic carbocycles. The van der Waals surface area contributed by atoms with E-state index in [1.807, 2.05) is 67.6 Å². The molecule has 0 saturated carbocycles. The van der Waals surface area contributed by atoms with Crippen LogP contribution in [0, 0.1) is 3.95 Å². The second-order valence-corrected chi connectivity index (χ2v) is 7.65. The molecule has 0 fully saturated rings. The SMILES string of the molecule is CCOc1ccc(-n2c(O)c(/C=C3\C=NN=C3c3ccccc3)sc2=S)cc1. The summed E-state index contributed by atoms with van der Waals surface area (Å²) >= 11 is 6.83. The van der Waals surface area contributed by atoms with Crippen molar-refractivity contribution in [1.29, 1.82) is 0 Å². The van der Waals surface area contributed by atoms with Gasteiger partial charge in [0.1, 0.15) is 11.5 Å². The fourth-order valence-corrected chi connectivity index (χ4v) is 4.20. The summed E-state index contributed by atoms with van der Waals surface area (Å²) in [5, 5.41) is 19.1. The summed E-state index contributed by atoms with van der Waals surface area (Å²) in [6, 6.07) is 17.3. The van der Waals surface area contributed by atoms with Crippen LogP contribution in [0.15, 0.2) is 70.4 Å². The number of thiazole rings is 1. The number of aromatic nitrogens is 1. The Morgan fingerprint density at radius 1 is 1.14 bits per heavy atom. The van der Waals surface area contributed by atoms with Gasteiger partial charge in [-0.1, -0.05) is 30.3 Å². The van der Waals surface area contributed by atoms with Crippen LogP contribution in [0.3, 0.4) is 0 Å². The molecule has 28 heavy (non-hydrogen) atoms. The Balaban J connectivity index is 1.70. The summed E-state index contributed by atoms with van der Waals surface area (Å²) in [5.74, 6) is 0.875. The van der Waals surface area contributed by atoms with E-state index in [9.17, 15) is 5.11 Å². The molecule has 0 saturated heterocycles. The fraction of sp³-hybridized carbons (Fsp3) is 0.0952. The quantitative estimate of drug-likeness (QED) is 0.588. The molecule has 0 amide bonds. The molecule has 3 aromatic rings. The van der Waals surface area contributed by atoms with Gasteiger partial charge in [0.15, 0.2) is 3.95 Å². The van der Waals surface area contributed by atoms with Crippen molar-refractivity contribution in [2.75, 3.05) is 6.61 Å². The summed E-state index contributed by atoms with van der Waals surface area (Å²) in [7, 11) is 0. The molecule has 0 unspecified atom stereocenters. The van der Waals surface area contributed by atoms with Crippen LogP contribution in [-0.2, 0) is 0 Å². The van der Waals surface area contributed by atoms with Gasteiger partial charge in [-0.15, -0.1) is 16.4 Å². The summed E-state index contributed by atoms with van der Waals surface area (Å²) in [5.41, 5.74) is 3.35. The lowest BCUT2D eigenvalue weighted by molar-refractivity contribution is 0.340. The molecule has 1 aliphatic heterocycles. The second-order valence-electron chi connectivity index (χ2n) is 5.98. The lowest BCUT2D eigenvalue weighted by Gasteiger charge is -2.07. The zero-order valence-corrected chi connectivity index (χ0v) is 16.7. The zero-order valence-electron chi connectivity index (χ0n) is 15.1. The molecule has 2 heterocycles. The van der Waals surface area contributed by atoms with E-state index in [2.05, 4.69) is 10.2 Å². The van der Waals surface area contributed by atoms with Gasteiger partial charge in [0.25, 0.3) is 0 Å². The van der Waals surface area contributed by atoms with E-state index in [-0.39, 0.29) is 5.88 Å². The number of hydrogen-bond donors (Lipinski definition) is 1. The summed E-state index contributed by atoms with van der Waals surface area (Å²) < 4.78 is 7.68. The minimum atomic E-state index is 0.0966. The molecule has 7 heteroatoms. The highest BCUT2D eigenvalue weighted by Crippen LogP contribution is 2.32. The Hall–Kier alpha value is -3.03. The third kappa shape index (κ3) is 3.54. The van der Waals surface area contributed by atoms with Crippen LogP contribution in [0.25, 0.3) is 11.8 Å².